The average molecular weight is 317 g/mol. The van der Waals surface area contributed by atoms with Crippen molar-refractivity contribution < 1.29 is 18.0 Å². The van der Waals surface area contributed by atoms with E-state index in [1.54, 1.807) is 0 Å². The first kappa shape index (κ1) is 18.8. The molecule has 4 nitrogen and oxygen atoms in total. The molecule has 1 aliphatic rings. The Hall–Kier alpha value is -0.203. The van der Waals surface area contributed by atoms with Crippen molar-refractivity contribution in [2.24, 2.45) is 0 Å². The summed E-state index contributed by atoms with van der Waals surface area (Å²) in [5, 5.41) is -0.635. The molecule has 21 heavy (non-hydrogen) atoms. The van der Waals surface area contributed by atoms with Gasteiger partial charge in [0, 0.05) is 24.9 Å². The van der Waals surface area contributed by atoms with Gasteiger partial charge >= 0.3 is 8.80 Å². The standard InChI is InChI=1S/C16H32O4Si/c1-8-16(11-9-10-12-17-16)21(18-13(2)3,19-14(4)5)20-15(6)7/h8,13-15H,1,9-12H2,2-7H3. The Balaban J connectivity index is 3.24. The highest BCUT2D eigenvalue weighted by Crippen LogP contribution is 2.39. The molecule has 0 aliphatic carbocycles. The van der Waals surface area contributed by atoms with Gasteiger partial charge in [0.05, 0.1) is 0 Å². The maximum atomic E-state index is 6.29. The van der Waals surface area contributed by atoms with Crippen molar-refractivity contribution >= 4 is 8.80 Å². The van der Waals surface area contributed by atoms with Gasteiger partial charge in [0.15, 0.2) is 5.22 Å². The molecule has 1 aliphatic heterocycles. The van der Waals surface area contributed by atoms with Gasteiger partial charge in [-0.3, -0.25) is 0 Å². The highest BCUT2D eigenvalue weighted by Gasteiger charge is 2.63. The second-order valence-corrected chi connectivity index (χ2v) is 9.12. The maximum Gasteiger partial charge on any atom is 0.539 e. The van der Waals surface area contributed by atoms with E-state index in [1.165, 1.54) is 0 Å². The molecule has 1 rings (SSSR count). The Morgan fingerprint density at radius 2 is 1.43 bits per heavy atom. The molecule has 1 fully saturated rings. The largest absolute Gasteiger partial charge is 0.539 e. The van der Waals surface area contributed by atoms with Crippen LogP contribution in [0.25, 0.3) is 0 Å². The molecule has 0 aromatic carbocycles. The lowest BCUT2D eigenvalue weighted by atomic mass is 10.1. The lowest BCUT2D eigenvalue weighted by Gasteiger charge is -2.47. The third-order valence-corrected chi connectivity index (χ3v) is 7.30. The van der Waals surface area contributed by atoms with Gasteiger partial charge in [-0.15, -0.1) is 6.58 Å². The first-order chi connectivity index (χ1) is 9.77. The van der Waals surface area contributed by atoms with Crippen molar-refractivity contribution in [3.05, 3.63) is 12.7 Å². The lowest BCUT2D eigenvalue weighted by Crippen LogP contribution is -2.68. The molecule has 5 heteroatoms. The van der Waals surface area contributed by atoms with Crippen LogP contribution in [-0.4, -0.2) is 38.9 Å². The van der Waals surface area contributed by atoms with Crippen LogP contribution in [0.3, 0.4) is 0 Å². The molecule has 0 bridgehead atoms. The van der Waals surface area contributed by atoms with Gasteiger partial charge in [-0.05, 0) is 60.8 Å². The predicted octanol–water partition coefficient (Wildman–Crippen LogP) is 3.86. The Morgan fingerprint density at radius 3 is 1.71 bits per heavy atom. The Bertz CT molecular complexity index is 296. The third kappa shape index (κ3) is 4.63. The number of ether oxygens (including phenoxy) is 1. The summed E-state index contributed by atoms with van der Waals surface area (Å²) in [6.07, 6.45) is 4.86. The van der Waals surface area contributed by atoms with Crippen LogP contribution in [-0.2, 0) is 18.0 Å². The van der Waals surface area contributed by atoms with Crippen LogP contribution in [0.1, 0.15) is 60.8 Å². The second kappa shape index (κ2) is 7.88. The molecule has 0 N–H and O–H groups in total. The summed E-state index contributed by atoms with van der Waals surface area (Å²) in [6, 6.07) is 0. The van der Waals surface area contributed by atoms with Crippen LogP contribution in [0, 0.1) is 0 Å². The molecule has 0 saturated carbocycles. The Morgan fingerprint density at radius 1 is 0.952 bits per heavy atom. The first-order valence-electron chi connectivity index (χ1n) is 8.08. The highest BCUT2D eigenvalue weighted by atomic mass is 28.4. The van der Waals surface area contributed by atoms with Crippen molar-refractivity contribution in [1.82, 2.24) is 0 Å². The molecule has 1 atom stereocenters. The van der Waals surface area contributed by atoms with E-state index < -0.39 is 14.0 Å². The smallest absolute Gasteiger partial charge is 0.369 e. The first-order valence-corrected chi connectivity index (χ1v) is 9.80. The van der Waals surface area contributed by atoms with Crippen molar-refractivity contribution in [1.29, 1.82) is 0 Å². The fraction of sp³-hybridized carbons (Fsp3) is 0.875. The lowest BCUT2D eigenvalue weighted by molar-refractivity contribution is -0.0929. The van der Waals surface area contributed by atoms with Gasteiger partial charge in [-0.2, -0.15) is 0 Å². The molecule has 0 radical (unpaired) electrons. The summed E-state index contributed by atoms with van der Waals surface area (Å²) in [4.78, 5) is 0. The topological polar surface area (TPSA) is 36.9 Å². The second-order valence-electron chi connectivity index (χ2n) is 6.46. The molecular formula is C16H32O4Si. The molecule has 1 unspecified atom stereocenters. The van der Waals surface area contributed by atoms with Crippen molar-refractivity contribution in [3.8, 4) is 0 Å². The molecule has 0 aromatic rings. The third-order valence-electron chi connectivity index (χ3n) is 3.32. The van der Waals surface area contributed by atoms with Crippen molar-refractivity contribution in [2.75, 3.05) is 6.61 Å². The minimum absolute atomic E-state index is 0.0107. The van der Waals surface area contributed by atoms with Gasteiger partial charge in [0.2, 0.25) is 0 Å². The van der Waals surface area contributed by atoms with Gasteiger partial charge < -0.3 is 18.0 Å². The fourth-order valence-electron chi connectivity index (χ4n) is 2.66. The van der Waals surface area contributed by atoms with Crippen molar-refractivity contribution in [3.63, 3.8) is 0 Å². The van der Waals surface area contributed by atoms with Gasteiger partial charge in [-0.1, -0.05) is 6.08 Å². The van der Waals surface area contributed by atoms with Crippen LogP contribution in [0.4, 0.5) is 0 Å². The monoisotopic (exact) mass is 316 g/mol. The molecule has 0 spiro atoms. The Kier molecular flexibility index (Phi) is 7.07. The molecule has 1 saturated heterocycles. The predicted molar refractivity (Wildman–Crippen MR) is 87.1 cm³/mol. The minimum Gasteiger partial charge on any atom is -0.369 e. The number of hydrogen-bond acceptors (Lipinski definition) is 4. The average Bonchev–Trinajstić information content (AvgIpc) is 2.36. The molecule has 0 amide bonds. The molecule has 1 heterocycles. The zero-order valence-electron chi connectivity index (χ0n) is 14.5. The van der Waals surface area contributed by atoms with Crippen molar-refractivity contribution in [2.45, 2.75) is 84.3 Å². The van der Waals surface area contributed by atoms with Crippen LogP contribution in [0.5, 0.6) is 0 Å². The fourth-order valence-corrected chi connectivity index (χ4v) is 6.30. The highest BCUT2D eigenvalue weighted by molar-refractivity contribution is 6.65. The summed E-state index contributed by atoms with van der Waals surface area (Å²) < 4.78 is 25.0. The van der Waals surface area contributed by atoms with Gasteiger partial charge in [-0.25, -0.2) is 0 Å². The van der Waals surface area contributed by atoms with Crippen LogP contribution < -0.4 is 0 Å². The van der Waals surface area contributed by atoms with E-state index in [2.05, 4.69) is 6.58 Å². The zero-order valence-corrected chi connectivity index (χ0v) is 15.5. The minimum atomic E-state index is -3.07. The molecule has 124 valence electrons. The summed E-state index contributed by atoms with van der Waals surface area (Å²) in [6.45, 7) is 16.8. The van der Waals surface area contributed by atoms with Gasteiger partial charge in [0.25, 0.3) is 0 Å². The maximum absolute atomic E-state index is 6.29. The summed E-state index contributed by atoms with van der Waals surface area (Å²) in [7, 11) is -3.07. The Labute approximate surface area is 131 Å². The molecule has 0 aromatic heterocycles. The van der Waals surface area contributed by atoms with Gasteiger partial charge in [0.1, 0.15) is 0 Å². The SMILES string of the molecule is C=CC1([Si](OC(C)C)(OC(C)C)OC(C)C)CCCCO1. The van der Waals surface area contributed by atoms with E-state index >= 15 is 0 Å². The van der Waals surface area contributed by atoms with Crippen LogP contribution >= 0.6 is 0 Å². The summed E-state index contributed by atoms with van der Waals surface area (Å²) in [5.41, 5.74) is 0. The summed E-state index contributed by atoms with van der Waals surface area (Å²) >= 11 is 0. The van der Waals surface area contributed by atoms with E-state index in [0.29, 0.717) is 6.61 Å². The van der Waals surface area contributed by atoms with Crippen LogP contribution in [0.2, 0.25) is 0 Å². The van der Waals surface area contributed by atoms with E-state index in [4.69, 9.17) is 18.0 Å². The van der Waals surface area contributed by atoms with E-state index in [0.717, 1.165) is 19.3 Å². The summed E-state index contributed by atoms with van der Waals surface area (Å²) in [5.74, 6) is 0. The van der Waals surface area contributed by atoms with E-state index in [-0.39, 0.29) is 18.3 Å². The van der Waals surface area contributed by atoms with E-state index in [1.807, 2.05) is 47.6 Å². The van der Waals surface area contributed by atoms with E-state index in [9.17, 15) is 0 Å². The number of rotatable bonds is 8. The quantitative estimate of drug-likeness (QED) is 0.503. The van der Waals surface area contributed by atoms with Crippen LogP contribution in [0.15, 0.2) is 12.7 Å². The normalized spacial score (nSPS) is 24.0. The number of hydrogen-bond donors (Lipinski definition) is 0. The zero-order chi connectivity index (χ0) is 16.1. The molecular weight excluding hydrogens is 284 g/mol.